The van der Waals surface area contributed by atoms with Gasteiger partial charge in [-0.15, -0.1) is 0 Å². The van der Waals surface area contributed by atoms with Crippen LogP contribution in [-0.2, 0) is 4.79 Å². The minimum absolute atomic E-state index is 0.331. The van der Waals surface area contributed by atoms with Gasteiger partial charge in [0.15, 0.2) is 11.6 Å². The third-order valence-electron chi connectivity index (χ3n) is 1.38. The van der Waals surface area contributed by atoms with Crippen molar-refractivity contribution in [3.63, 3.8) is 0 Å². The van der Waals surface area contributed by atoms with Crippen molar-refractivity contribution in [3.05, 3.63) is 34.1 Å². The quantitative estimate of drug-likeness (QED) is 0.314. The molecule has 1 rings (SSSR count). The van der Waals surface area contributed by atoms with Crippen molar-refractivity contribution in [2.24, 2.45) is 0 Å². The second-order valence-electron chi connectivity index (χ2n) is 2.47. The fraction of sp³-hybridized carbons (Fsp3) is 0.125. The molecule has 0 aliphatic carbocycles. The number of carbonyl (C=O) groups excluding carboxylic acids is 1. The number of nitrogens with zero attached hydrogens (tertiary/aromatic N) is 1. The van der Waals surface area contributed by atoms with Gasteiger partial charge in [0.1, 0.15) is 0 Å². The van der Waals surface area contributed by atoms with E-state index in [1.165, 1.54) is 0 Å². The smallest absolute Gasteiger partial charge is 0.308 e. The minimum Gasteiger partial charge on any atom is -0.423 e. The van der Waals surface area contributed by atoms with Gasteiger partial charge >= 0.3 is 5.97 Å². The molecule has 0 atom stereocenters. The van der Waals surface area contributed by atoms with Gasteiger partial charge in [-0.25, -0.2) is 4.39 Å². The lowest BCUT2D eigenvalue weighted by Crippen LogP contribution is -2.03. The monoisotopic (exact) mass is 199 g/mol. The zero-order valence-electron chi connectivity index (χ0n) is 7.19. The van der Waals surface area contributed by atoms with Crippen LogP contribution in [0.3, 0.4) is 0 Å². The summed E-state index contributed by atoms with van der Waals surface area (Å²) in [5.74, 6) is -1.98. The average Bonchev–Trinajstić information content (AvgIpc) is 2.07. The van der Waals surface area contributed by atoms with E-state index < -0.39 is 22.5 Å². The van der Waals surface area contributed by atoms with E-state index in [9.17, 15) is 19.3 Å². The summed E-state index contributed by atoms with van der Waals surface area (Å²) in [6, 6.07) is 2.72. The van der Waals surface area contributed by atoms with Crippen LogP contribution in [0.15, 0.2) is 18.2 Å². The molecule has 0 spiro atoms. The van der Waals surface area contributed by atoms with Crippen LogP contribution in [0.5, 0.6) is 5.75 Å². The number of esters is 1. The van der Waals surface area contributed by atoms with Crippen molar-refractivity contribution in [1.82, 2.24) is 0 Å². The zero-order chi connectivity index (χ0) is 10.7. The molecule has 14 heavy (non-hydrogen) atoms. The summed E-state index contributed by atoms with van der Waals surface area (Å²) in [6.45, 7) is 1.08. The Kier molecular flexibility index (Phi) is 2.76. The Labute approximate surface area is 78.3 Å². The van der Waals surface area contributed by atoms with Crippen molar-refractivity contribution in [1.29, 1.82) is 0 Å². The first-order valence-corrected chi connectivity index (χ1v) is 3.63. The van der Waals surface area contributed by atoms with E-state index in [1.807, 2.05) is 0 Å². The molecule has 74 valence electrons. The molecular weight excluding hydrogens is 193 g/mol. The maximum atomic E-state index is 12.9. The summed E-state index contributed by atoms with van der Waals surface area (Å²) in [6.07, 6.45) is 0. The highest BCUT2D eigenvalue weighted by Crippen LogP contribution is 2.23. The van der Waals surface area contributed by atoms with Crippen LogP contribution < -0.4 is 4.74 Å². The Morgan fingerprint density at radius 3 is 2.71 bits per heavy atom. The van der Waals surface area contributed by atoms with Gasteiger partial charge in [0.2, 0.25) is 0 Å². The Morgan fingerprint density at radius 1 is 1.57 bits per heavy atom. The SMILES string of the molecule is CC(=O)Oc1cc([N+](=O)[O-])ccc1F. The van der Waals surface area contributed by atoms with Crippen LogP contribution in [0.4, 0.5) is 10.1 Å². The number of benzene rings is 1. The molecule has 0 heterocycles. The molecule has 1 aromatic carbocycles. The molecule has 0 saturated heterocycles. The van der Waals surface area contributed by atoms with E-state index >= 15 is 0 Å². The van der Waals surface area contributed by atoms with Crippen molar-refractivity contribution >= 4 is 11.7 Å². The Morgan fingerprint density at radius 2 is 2.21 bits per heavy atom. The normalized spacial score (nSPS) is 9.57. The van der Waals surface area contributed by atoms with E-state index in [0.29, 0.717) is 0 Å². The van der Waals surface area contributed by atoms with Gasteiger partial charge in [-0.05, 0) is 6.07 Å². The maximum absolute atomic E-state index is 12.9. The third-order valence-corrected chi connectivity index (χ3v) is 1.38. The first-order chi connectivity index (χ1) is 6.50. The molecule has 6 heteroatoms. The lowest BCUT2D eigenvalue weighted by Gasteiger charge is -2.01. The lowest BCUT2D eigenvalue weighted by atomic mass is 10.3. The molecular formula is C8H6FNO4. The number of halogens is 1. The molecule has 0 aliphatic rings. The van der Waals surface area contributed by atoms with Crippen molar-refractivity contribution in [3.8, 4) is 5.75 Å². The van der Waals surface area contributed by atoms with Crippen molar-refractivity contribution in [2.75, 3.05) is 0 Å². The molecule has 0 aromatic heterocycles. The molecule has 0 N–H and O–H groups in total. The van der Waals surface area contributed by atoms with Gasteiger partial charge in [0, 0.05) is 13.0 Å². The van der Waals surface area contributed by atoms with Gasteiger partial charge < -0.3 is 4.74 Å². The van der Waals surface area contributed by atoms with Crippen LogP contribution in [0, 0.1) is 15.9 Å². The first kappa shape index (κ1) is 10.1. The highest BCUT2D eigenvalue weighted by atomic mass is 19.1. The summed E-state index contributed by atoms with van der Waals surface area (Å²) in [5.41, 5.74) is -0.331. The Balaban J connectivity index is 3.08. The average molecular weight is 199 g/mol. The highest BCUT2D eigenvalue weighted by Gasteiger charge is 2.12. The number of ether oxygens (including phenoxy) is 1. The summed E-state index contributed by atoms with van der Waals surface area (Å²) in [5, 5.41) is 10.3. The standard InChI is InChI=1S/C8H6FNO4/c1-5(11)14-8-4-6(10(12)13)2-3-7(8)9/h2-4H,1H3. The molecule has 0 radical (unpaired) electrons. The largest absolute Gasteiger partial charge is 0.423 e. The number of hydrogen-bond acceptors (Lipinski definition) is 4. The second-order valence-corrected chi connectivity index (χ2v) is 2.47. The van der Waals surface area contributed by atoms with Crippen LogP contribution in [0.1, 0.15) is 6.92 Å². The van der Waals surface area contributed by atoms with Crippen LogP contribution in [0.2, 0.25) is 0 Å². The van der Waals surface area contributed by atoms with E-state index in [2.05, 4.69) is 4.74 Å². The van der Waals surface area contributed by atoms with Gasteiger partial charge in [-0.2, -0.15) is 0 Å². The predicted molar refractivity (Wildman–Crippen MR) is 44.4 cm³/mol. The number of non-ortho nitro benzene ring substituents is 1. The zero-order valence-corrected chi connectivity index (χ0v) is 7.19. The summed E-state index contributed by atoms with van der Waals surface area (Å²) in [4.78, 5) is 20.1. The number of carbonyl (C=O) groups is 1. The van der Waals surface area contributed by atoms with Crippen LogP contribution in [0.25, 0.3) is 0 Å². The number of hydrogen-bond donors (Lipinski definition) is 0. The molecule has 0 saturated carbocycles. The van der Waals surface area contributed by atoms with Gasteiger partial charge in [-0.1, -0.05) is 0 Å². The second kappa shape index (κ2) is 3.82. The number of nitro groups is 1. The first-order valence-electron chi connectivity index (χ1n) is 3.63. The van der Waals surface area contributed by atoms with Gasteiger partial charge in [0.25, 0.3) is 5.69 Å². The molecule has 0 aliphatic heterocycles. The van der Waals surface area contributed by atoms with E-state index in [4.69, 9.17) is 0 Å². The summed E-state index contributed by atoms with van der Waals surface area (Å²) >= 11 is 0. The van der Waals surface area contributed by atoms with Gasteiger partial charge in [0.05, 0.1) is 11.0 Å². The van der Waals surface area contributed by atoms with E-state index in [0.717, 1.165) is 25.1 Å². The van der Waals surface area contributed by atoms with E-state index in [-0.39, 0.29) is 5.69 Å². The van der Waals surface area contributed by atoms with Crippen molar-refractivity contribution < 1.29 is 18.8 Å². The Bertz CT molecular complexity index is 391. The molecule has 1 aromatic rings. The fourth-order valence-electron chi connectivity index (χ4n) is 0.839. The van der Waals surface area contributed by atoms with Gasteiger partial charge in [-0.3, -0.25) is 14.9 Å². The fourth-order valence-corrected chi connectivity index (χ4v) is 0.839. The van der Waals surface area contributed by atoms with Crippen LogP contribution >= 0.6 is 0 Å². The maximum Gasteiger partial charge on any atom is 0.308 e. The molecule has 5 nitrogen and oxygen atoms in total. The summed E-state index contributed by atoms with van der Waals surface area (Å²) < 4.78 is 17.3. The lowest BCUT2D eigenvalue weighted by molar-refractivity contribution is -0.385. The number of rotatable bonds is 2. The molecule has 0 unspecified atom stereocenters. The minimum atomic E-state index is -0.814. The summed E-state index contributed by atoms with van der Waals surface area (Å²) in [7, 11) is 0. The predicted octanol–water partition coefficient (Wildman–Crippen LogP) is 1.66. The number of nitro benzene ring substituents is 1. The highest BCUT2D eigenvalue weighted by molar-refractivity contribution is 5.69. The van der Waals surface area contributed by atoms with Crippen molar-refractivity contribution in [2.45, 2.75) is 6.92 Å². The Hall–Kier alpha value is -1.98. The third kappa shape index (κ3) is 2.25. The molecule has 0 bridgehead atoms. The van der Waals surface area contributed by atoms with E-state index in [1.54, 1.807) is 0 Å². The van der Waals surface area contributed by atoms with Crippen LogP contribution in [-0.4, -0.2) is 10.9 Å². The molecule has 0 amide bonds. The molecule has 0 fully saturated rings. The topological polar surface area (TPSA) is 69.4 Å².